The molecule has 0 aromatic heterocycles. The Morgan fingerprint density at radius 3 is 2.46 bits per heavy atom. The quantitative estimate of drug-likeness (QED) is 0.921. The van der Waals surface area contributed by atoms with Crippen molar-refractivity contribution in [1.29, 1.82) is 0 Å². The predicted octanol–water partition coefficient (Wildman–Crippen LogP) is 2.43. The van der Waals surface area contributed by atoms with Gasteiger partial charge in [-0.3, -0.25) is 0 Å². The molecule has 5 nitrogen and oxygen atoms in total. The largest absolute Gasteiger partial charge is 0.486 e. The Labute approximate surface area is 139 Å². The smallest absolute Gasteiger partial charge is 0.240 e. The Kier molecular flexibility index (Phi) is 3.69. The zero-order valence-electron chi connectivity index (χ0n) is 12.7. The SMILES string of the molecule is O=S(=O)(N[C@@H]1C[C@@H]1c1ccc(F)cc1)c1ccc2c(c1)OCCO2. The van der Waals surface area contributed by atoms with Gasteiger partial charge in [-0.1, -0.05) is 12.1 Å². The number of rotatable bonds is 4. The summed E-state index contributed by atoms with van der Waals surface area (Å²) in [6.45, 7) is 0.859. The van der Waals surface area contributed by atoms with E-state index in [2.05, 4.69) is 4.72 Å². The van der Waals surface area contributed by atoms with E-state index in [1.807, 2.05) is 0 Å². The standard InChI is InChI=1S/C17H16FNO4S/c18-12-3-1-11(2-4-12)14-10-15(14)19-24(20,21)13-5-6-16-17(9-13)23-8-7-22-16/h1-6,9,14-15,19H,7-8,10H2/t14-,15-/m1/s1. The first-order chi connectivity index (χ1) is 11.5. The van der Waals surface area contributed by atoms with E-state index in [4.69, 9.17) is 9.47 Å². The Hall–Kier alpha value is -2.12. The molecule has 0 spiro atoms. The van der Waals surface area contributed by atoms with Crippen molar-refractivity contribution in [3.63, 3.8) is 0 Å². The van der Waals surface area contributed by atoms with Crippen LogP contribution in [0, 0.1) is 5.82 Å². The van der Waals surface area contributed by atoms with E-state index in [1.54, 1.807) is 18.2 Å². The Morgan fingerprint density at radius 1 is 1.00 bits per heavy atom. The van der Waals surface area contributed by atoms with Crippen molar-refractivity contribution in [2.45, 2.75) is 23.3 Å². The molecule has 1 fully saturated rings. The molecule has 0 bridgehead atoms. The molecule has 24 heavy (non-hydrogen) atoms. The van der Waals surface area contributed by atoms with Gasteiger partial charge in [-0.25, -0.2) is 17.5 Å². The minimum atomic E-state index is -3.64. The maximum absolute atomic E-state index is 13.0. The van der Waals surface area contributed by atoms with Crippen LogP contribution in [-0.2, 0) is 10.0 Å². The molecule has 7 heteroatoms. The van der Waals surface area contributed by atoms with Gasteiger partial charge in [-0.05, 0) is 36.2 Å². The van der Waals surface area contributed by atoms with Crippen LogP contribution in [0.15, 0.2) is 47.4 Å². The molecule has 1 saturated carbocycles. The van der Waals surface area contributed by atoms with Gasteiger partial charge in [0.1, 0.15) is 19.0 Å². The van der Waals surface area contributed by atoms with Crippen molar-refractivity contribution in [2.75, 3.05) is 13.2 Å². The summed E-state index contributed by atoms with van der Waals surface area (Å²) in [5.41, 5.74) is 0.936. The van der Waals surface area contributed by atoms with Gasteiger partial charge in [0, 0.05) is 18.0 Å². The molecule has 2 aromatic rings. The first-order valence-corrected chi connectivity index (χ1v) is 9.19. The average molecular weight is 349 g/mol. The van der Waals surface area contributed by atoms with Gasteiger partial charge in [-0.15, -0.1) is 0 Å². The monoisotopic (exact) mass is 349 g/mol. The van der Waals surface area contributed by atoms with Gasteiger partial charge in [-0.2, -0.15) is 0 Å². The van der Waals surface area contributed by atoms with Gasteiger partial charge < -0.3 is 9.47 Å². The van der Waals surface area contributed by atoms with Crippen LogP contribution in [-0.4, -0.2) is 27.7 Å². The third-order valence-corrected chi connectivity index (χ3v) is 5.71. The summed E-state index contributed by atoms with van der Waals surface area (Å²) < 4.78 is 51.6. The van der Waals surface area contributed by atoms with Crippen molar-refractivity contribution in [3.05, 3.63) is 53.8 Å². The van der Waals surface area contributed by atoms with E-state index in [1.165, 1.54) is 24.3 Å². The van der Waals surface area contributed by atoms with Gasteiger partial charge in [0.15, 0.2) is 11.5 Å². The molecule has 0 amide bonds. The molecule has 126 valence electrons. The van der Waals surface area contributed by atoms with E-state index < -0.39 is 10.0 Å². The lowest BCUT2D eigenvalue weighted by molar-refractivity contribution is 0.171. The third-order valence-electron chi connectivity index (χ3n) is 4.22. The zero-order valence-corrected chi connectivity index (χ0v) is 13.6. The second kappa shape index (κ2) is 5.75. The van der Waals surface area contributed by atoms with E-state index in [0.717, 1.165) is 5.56 Å². The molecule has 1 aliphatic heterocycles. The van der Waals surface area contributed by atoms with Gasteiger partial charge in [0.05, 0.1) is 4.90 Å². The van der Waals surface area contributed by atoms with E-state index in [0.29, 0.717) is 31.1 Å². The van der Waals surface area contributed by atoms with E-state index in [9.17, 15) is 12.8 Å². The van der Waals surface area contributed by atoms with Gasteiger partial charge >= 0.3 is 0 Å². The van der Waals surface area contributed by atoms with E-state index >= 15 is 0 Å². The number of benzene rings is 2. The number of ether oxygens (including phenoxy) is 2. The van der Waals surface area contributed by atoms with Crippen molar-refractivity contribution in [1.82, 2.24) is 4.72 Å². The molecule has 0 saturated heterocycles. The molecule has 4 rings (SSSR count). The topological polar surface area (TPSA) is 64.6 Å². The maximum atomic E-state index is 13.0. The lowest BCUT2D eigenvalue weighted by atomic mass is 10.1. The van der Waals surface area contributed by atoms with Crippen LogP contribution < -0.4 is 14.2 Å². The summed E-state index contributed by atoms with van der Waals surface area (Å²) in [6.07, 6.45) is 0.704. The molecule has 1 heterocycles. The lowest BCUT2D eigenvalue weighted by Gasteiger charge is -2.19. The number of hydrogen-bond donors (Lipinski definition) is 1. The Bertz CT molecular complexity index is 867. The highest BCUT2D eigenvalue weighted by molar-refractivity contribution is 7.89. The fourth-order valence-electron chi connectivity index (χ4n) is 2.86. The number of nitrogens with one attached hydrogen (secondary N) is 1. The van der Waals surface area contributed by atoms with Crippen molar-refractivity contribution in [2.24, 2.45) is 0 Å². The van der Waals surface area contributed by atoms with Crippen LogP contribution in [0.4, 0.5) is 4.39 Å². The molecular formula is C17H16FNO4S. The van der Waals surface area contributed by atoms with Gasteiger partial charge in [0.2, 0.25) is 10.0 Å². The highest BCUT2D eigenvalue weighted by Gasteiger charge is 2.41. The zero-order chi connectivity index (χ0) is 16.7. The average Bonchev–Trinajstić information content (AvgIpc) is 3.33. The second-order valence-corrected chi connectivity index (χ2v) is 7.64. The normalized spacial score (nSPS) is 22.2. The molecule has 2 atom stereocenters. The minimum Gasteiger partial charge on any atom is -0.486 e. The summed E-state index contributed by atoms with van der Waals surface area (Å²) in [7, 11) is -3.64. The number of halogens is 1. The van der Waals surface area contributed by atoms with E-state index in [-0.39, 0.29) is 22.7 Å². The summed E-state index contributed by atoms with van der Waals surface area (Å²) in [4.78, 5) is 0.150. The maximum Gasteiger partial charge on any atom is 0.240 e. The Balaban J connectivity index is 1.49. The molecule has 1 N–H and O–H groups in total. The molecule has 0 radical (unpaired) electrons. The van der Waals surface area contributed by atoms with Crippen molar-refractivity contribution >= 4 is 10.0 Å². The predicted molar refractivity (Wildman–Crippen MR) is 85.3 cm³/mol. The first-order valence-electron chi connectivity index (χ1n) is 7.70. The molecule has 2 aliphatic rings. The molecular weight excluding hydrogens is 333 g/mol. The summed E-state index contributed by atoms with van der Waals surface area (Å²) in [5, 5.41) is 0. The van der Waals surface area contributed by atoms with Crippen LogP contribution in [0.3, 0.4) is 0 Å². The van der Waals surface area contributed by atoms with Crippen LogP contribution in [0.1, 0.15) is 17.9 Å². The second-order valence-electron chi connectivity index (χ2n) is 5.93. The van der Waals surface area contributed by atoms with Crippen molar-refractivity contribution in [3.8, 4) is 11.5 Å². The minimum absolute atomic E-state index is 0.0811. The molecule has 2 aromatic carbocycles. The number of fused-ring (bicyclic) bond motifs is 1. The highest BCUT2D eigenvalue weighted by atomic mass is 32.2. The molecule has 1 aliphatic carbocycles. The fraction of sp³-hybridized carbons (Fsp3) is 0.294. The lowest BCUT2D eigenvalue weighted by Crippen LogP contribution is -2.27. The van der Waals surface area contributed by atoms with Crippen LogP contribution in [0.25, 0.3) is 0 Å². The number of sulfonamides is 1. The van der Waals surface area contributed by atoms with Crippen LogP contribution in [0.2, 0.25) is 0 Å². The summed E-state index contributed by atoms with van der Waals surface area (Å²) >= 11 is 0. The van der Waals surface area contributed by atoms with Crippen molar-refractivity contribution < 1.29 is 22.3 Å². The summed E-state index contributed by atoms with van der Waals surface area (Å²) in [6, 6.07) is 10.6. The van der Waals surface area contributed by atoms with Crippen LogP contribution in [0.5, 0.6) is 11.5 Å². The number of hydrogen-bond acceptors (Lipinski definition) is 4. The summed E-state index contributed by atoms with van der Waals surface area (Å²) in [5.74, 6) is 0.774. The Morgan fingerprint density at radius 2 is 1.71 bits per heavy atom. The fourth-order valence-corrected chi connectivity index (χ4v) is 4.17. The third kappa shape index (κ3) is 2.97. The first kappa shape index (κ1) is 15.4. The van der Waals surface area contributed by atoms with Crippen LogP contribution >= 0.6 is 0 Å². The molecule has 0 unspecified atom stereocenters. The van der Waals surface area contributed by atoms with Gasteiger partial charge in [0.25, 0.3) is 0 Å². The highest BCUT2D eigenvalue weighted by Crippen LogP contribution is 2.42.